The smallest absolute Gasteiger partial charge is 0.305 e. The van der Waals surface area contributed by atoms with Crippen LogP contribution in [0.3, 0.4) is 0 Å². The molecule has 0 bridgehead atoms. The summed E-state index contributed by atoms with van der Waals surface area (Å²) in [6.07, 6.45) is 16.5. The van der Waals surface area contributed by atoms with Gasteiger partial charge in [0.05, 0.1) is 13.2 Å². The molecular weight excluding hydrogens is 304 g/mol. The number of cyclic esters (lactones) is 2. The third-order valence-electron chi connectivity index (χ3n) is 4.58. The Hall–Kier alpha value is -1.06. The Morgan fingerprint density at radius 1 is 0.417 bits per heavy atom. The molecule has 0 aromatic heterocycles. The first-order valence-electron chi connectivity index (χ1n) is 10.1. The van der Waals surface area contributed by atoms with E-state index in [1.54, 1.807) is 0 Å². The van der Waals surface area contributed by atoms with Crippen molar-refractivity contribution in [2.45, 2.75) is 103 Å². The molecule has 0 aromatic carbocycles. The zero-order valence-electron chi connectivity index (χ0n) is 15.4. The van der Waals surface area contributed by atoms with E-state index in [9.17, 15) is 9.59 Å². The first-order valence-corrected chi connectivity index (χ1v) is 10.1. The highest BCUT2D eigenvalue weighted by Gasteiger charge is 2.04. The van der Waals surface area contributed by atoms with Crippen LogP contribution < -0.4 is 0 Å². The Morgan fingerprint density at radius 2 is 0.708 bits per heavy atom. The predicted molar refractivity (Wildman–Crippen MR) is 95.8 cm³/mol. The Bertz CT molecular complexity index is 268. The highest BCUT2D eigenvalue weighted by atomic mass is 16.5. The van der Waals surface area contributed by atoms with E-state index in [4.69, 9.17) is 9.47 Å². The van der Waals surface area contributed by atoms with Gasteiger partial charge in [-0.3, -0.25) is 9.59 Å². The van der Waals surface area contributed by atoms with Gasteiger partial charge in [-0.05, 0) is 25.7 Å². The van der Waals surface area contributed by atoms with Crippen molar-refractivity contribution in [1.82, 2.24) is 0 Å². The lowest BCUT2D eigenvalue weighted by Crippen LogP contribution is -2.06. The summed E-state index contributed by atoms with van der Waals surface area (Å²) in [6, 6.07) is 0. The zero-order chi connectivity index (χ0) is 17.3. The van der Waals surface area contributed by atoms with Gasteiger partial charge in [-0.1, -0.05) is 64.2 Å². The summed E-state index contributed by atoms with van der Waals surface area (Å²) in [7, 11) is 0. The molecule has 1 aliphatic heterocycles. The minimum atomic E-state index is -0.0287. The summed E-state index contributed by atoms with van der Waals surface area (Å²) in [4.78, 5) is 23.2. The molecule has 1 heterocycles. The average molecular weight is 341 g/mol. The van der Waals surface area contributed by atoms with Gasteiger partial charge in [0.2, 0.25) is 0 Å². The van der Waals surface area contributed by atoms with E-state index < -0.39 is 0 Å². The molecular formula is C20H36O4. The van der Waals surface area contributed by atoms with Crippen molar-refractivity contribution in [3.8, 4) is 0 Å². The summed E-state index contributed by atoms with van der Waals surface area (Å²) in [6.45, 7) is 1.13. The Labute approximate surface area is 147 Å². The molecule has 1 rings (SSSR count). The molecule has 4 heteroatoms. The fourth-order valence-corrected chi connectivity index (χ4v) is 3.03. The quantitative estimate of drug-likeness (QED) is 0.559. The minimum Gasteiger partial charge on any atom is -0.466 e. The van der Waals surface area contributed by atoms with Crippen molar-refractivity contribution in [3.05, 3.63) is 0 Å². The van der Waals surface area contributed by atoms with Crippen LogP contribution in [0.5, 0.6) is 0 Å². The molecule has 24 heavy (non-hydrogen) atoms. The second-order valence-electron chi connectivity index (χ2n) is 6.89. The van der Waals surface area contributed by atoms with Gasteiger partial charge in [0.25, 0.3) is 0 Å². The molecule has 0 spiro atoms. The van der Waals surface area contributed by atoms with Gasteiger partial charge in [-0.15, -0.1) is 0 Å². The van der Waals surface area contributed by atoms with Crippen LogP contribution in [-0.2, 0) is 19.1 Å². The number of rotatable bonds is 0. The lowest BCUT2D eigenvalue weighted by Gasteiger charge is -2.07. The monoisotopic (exact) mass is 340 g/mol. The molecule has 0 radical (unpaired) electrons. The summed E-state index contributed by atoms with van der Waals surface area (Å²) in [5.41, 5.74) is 0. The third-order valence-corrected chi connectivity index (χ3v) is 4.58. The van der Waals surface area contributed by atoms with Crippen LogP contribution >= 0.6 is 0 Å². The van der Waals surface area contributed by atoms with Crippen LogP contribution in [0, 0.1) is 0 Å². The molecule has 0 atom stereocenters. The Kier molecular flexibility index (Phi) is 13.5. The van der Waals surface area contributed by atoms with Crippen molar-refractivity contribution < 1.29 is 19.1 Å². The van der Waals surface area contributed by atoms with Crippen LogP contribution in [-0.4, -0.2) is 25.2 Å². The Morgan fingerprint density at radius 3 is 1.08 bits per heavy atom. The predicted octanol–water partition coefficient (Wildman–Crippen LogP) is 5.33. The number of hydrogen-bond acceptors (Lipinski definition) is 4. The minimum absolute atomic E-state index is 0.0287. The van der Waals surface area contributed by atoms with Crippen LogP contribution in [0.1, 0.15) is 103 Å². The van der Waals surface area contributed by atoms with E-state index in [0.29, 0.717) is 26.1 Å². The van der Waals surface area contributed by atoms with Gasteiger partial charge in [0.1, 0.15) is 0 Å². The SMILES string of the molecule is O=C1CCCCCCCCCCC(=O)OCCCCCCCCO1. The maximum absolute atomic E-state index is 11.6. The van der Waals surface area contributed by atoms with Gasteiger partial charge in [-0.25, -0.2) is 0 Å². The number of carbonyl (C=O) groups excluding carboxylic acids is 2. The first kappa shape index (κ1) is 21.0. The number of hydrogen-bond donors (Lipinski definition) is 0. The third kappa shape index (κ3) is 13.4. The highest BCUT2D eigenvalue weighted by molar-refractivity contribution is 5.69. The summed E-state index contributed by atoms with van der Waals surface area (Å²) in [5, 5.41) is 0. The van der Waals surface area contributed by atoms with E-state index in [0.717, 1.165) is 64.2 Å². The van der Waals surface area contributed by atoms with Crippen molar-refractivity contribution in [3.63, 3.8) is 0 Å². The highest BCUT2D eigenvalue weighted by Crippen LogP contribution is 2.12. The summed E-state index contributed by atoms with van der Waals surface area (Å²) in [5.74, 6) is -0.0575. The lowest BCUT2D eigenvalue weighted by atomic mass is 10.1. The largest absolute Gasteiger partial charge is 0.466 e. The second kappa shape index (κ2) is 15.5. The van der Waals surface area contributed by atoms with Crippen LogP contribution in [0.15, 0.2) is 0 Å². The second-order valence-corrected chi connectivity index (χ2v) is 6.89. The number of esters is 2. The molecule has 0 aromatic rings. The zero-order valence-corrected chi connectivity index (χ0v) is 15.4. The lowest BCUT2D eigenvalue weighted by molar-refractivity contribution is -0.144. The molecule has 0 unspecified atom stereocenters. The van der Waals surface area contributed by atoms with E-state index in [1.807, 2.05) is 0 Å². The standard InChI is InChI=1S/C20H36O4/c21-19-15-11-7-3-1-2-4-8-12-16-20(22)24-18-14-10-6-5-9-13-17-23-19/h1-18H2. The molecule has 1 aliphatic rings. The van der Waals surface area contributed by atoms with E-state index in [-0.39, 0.29) is 11.9 Å². The molecule has 0 amide bonds. The number of ether oxygens (including phenoxy) is 2. The van der Waals surface area contributed by atoms with Crippen LogP contribution in [0.4, 0.5) is 0 Å². The molecule has 1 saturated heterocycles. The normalized spacial score (nSPS) is 22.5. The molecule has 0 aliphatic carbocycles. The first-order chi connectivity index (χ1) is 11.8. The summed E-state index contributed by atoms with van der Waals surface area (Å²) >= 11 is 0. The van der Waals surface area contributed by atoms with E-state index >= 15 is 0 Å². The van der Waals surface area contributed by atoms with E-state index in [2.05, 4.69) is 0 Å². The Balaban J connectivity index is 2.16. The van der Waals surface area contributed by atoms with Gasteiger partial charge in [0, 0.05) is 12.8 Å². The van der Waals surface area contributed by atoms with Crippen molar-refractivity contribution in [2.75, 3.05) is 13.2 Å². The maximum Gasteiger partial charge on any atom is 0.305 e. The van der Waals surface area contributed by atoms with Crippen molar-refractivity contribution in [1.29, 1.82) is 0 Å². The van der Waals surface area contributed by atoms with Gasteiger partial charge >= 0.3 is 11.9 Å². The van der Waals surface area contributed by atoms with Crippen LogP contribution in [0.25, 0.3) is 0 Å². The van der Waals surface area contributed by atoms with Gasteiger partial charge in [-0.2, -0.15) is 0 Å². The maximum atomic E-state index is 11.6. The van der Waals surface area contributed by atoms with Gasteiger partial charge < -0.3 is 9.47 Å². The summed E-state index contributed by atoms with van der Waals surface area (Å²) < 4.78 is 10.5. The van der Waals surface area contributed by atoms with Gasteiger partial charge in [0.15, 0.2) is 0 Å². The number of carbonyl (C=O) groups is 2. The molecule has 4 nitrogen and oxygen atoms in total. The average Bonchev–Trinajstić information content (AvgIpc) is 2.57. The molecule has 140 valence electrons. The van der Waals surface area contributed by atoms with E-state index in [1.165, 1.54) is 25.7 Å². The molecule has 1 fully saturated rings. The van der Waals surface area contributed by atoms with Crippen molar-refractivity contribution >= 4 is 11.9 Å². The molecule has 0 saturated carbocycles. The topological polar surface area (TPSA) is 52.6 Å². The van der Waals surface area contributed by atoms with Crippen molar-refractivity contribution in [2.24, 2.45) is 0 Å². The fraction of sp³-hybridized carbons (Fsp3) is 0.900. The molecule has 0 N–H and O–H groups in total. The van der Waals surface area contributed by atoms with Crippen LogP contribution in [0.2, 0.25) is 0 Å². The fourth-order valence-electron chi connectivity index (χ4n) is 3.03.